The average Bonchev–Trinajstić information content (AvgIpc) is 2.61. The molecule has 0 radical (unpaired) electrons. The number of nitriles is 1. The standard InChI is InChI=1S/C18H17N3O4/c1-13(22)25-9-7-17(14-4-2-6-16(10-14)21(23)24)18(11-19)15-5-3-8-20-12-15/h2-6,8,10,12,17-18H,7,9H2,1H3/t17-,18+/m0/s1. The maximum atomic E-state index is 11.0. The Labute approximate surface area is 145 Å². The number of carbonyl (C=O) groups is 1. The van der Waals surface area contributed by atoms with Crippen molar-refractivity contribution < 1.29 is 14.5 Å². The van der Waals surface area contributed by atoms with Gasteiger partial charge in [0.15, 0.2) is 0 Å². The minimum atomic E-state index is -0.564. The second kappa shape index (κ2) is 8.55. The first-order chi connectivity index (χ1) is 12.0. The van der Waals surface area contributed by atoms with Crippen LogP contribution in [0.1, 0.15) is 36.3 Å². The minimum absolute atomic E-state index is 0.0436. The largest absolute Gasteiger partial charge is 0.466 e. The third-order valence-corrected chi connectivity index (χ3v) is 3.83. The predicted molar refractivity (Wildman–Crippen MR) is 89.7 cm³/mol. The summed E-state index contributed by atoms with van der Waals surface area (Å²) in [6.07, 6.45) is 3.58. The topological polar surface area (TPSA) is 106 Å². The number of benzene rings is 1. The summed E-state index contributed by atoms with van der Waals surface area (Å²) >= 11 is 0. The zero-order chi connectivity index (χ0) is 18.2. The summed E-state index contributed by atoms with van der Waals surface area (Å²) < 4.78 is 5.00. The monoisotopic (exact) mass is 339 g/mol. The molecule has 0 amide bonds. The molecule has 2 aromatic rings. The predicted octanol–water partition coefficient (Wildman–Crippen LogP) is 3.33. The van der Waals surface area contributed by atoms with Crippen molar-refractivity contribution in [1.29, 1.82) is 5.26 Å². The van der Waals surface area contributed by atoms with Gasteiger partial charge in [-0.15, -0.1) is 0 Å². The van der Waals surface area contributed by atoms with Crippen molar-refractivity contribution in [2.75, 3.05) is 6.61 Å². The lowest BCUT2D eigenvalue weighted by molar-refractivity contribution is -0.384. The summed E-state index contributed by atoms with van der Waals surface area (Å²) in [5, 5.41) is 20.7. The van der Waals surface area contributed by atoms with Crippen molar-refractivity contribution in [2.45, 2.75) is 25.2 Å². The molecule has 0 fully saturated rings. The summed E-state index contributed by atoms with van der Waals surface area (Å²) in [7, 11) is 0. The lowest BCUT2D eigenvalue weighted by atomic mass is 9.81. The molecule has 0 aliphatic rings. The fourth-order valence-corrected chi connectivity index (χ4v) is 2.68. The summed E-state index contributed by atoms with van der Waals surface area (Å²) in [6.45, 7) is 1.44. The van der Waals surface area contributed by atoms with Gasteiger partial charge in [0.1, 0.15) is 0 Å². The smallest absolute Gasteiger partial charge is 0.302 e. The summed E-state index contributed by atoms with van der Waals surface area (Å²) in [5.41, 5.74) is 1.32. The number of ether oxygens (including phenoxy) is 1. The number of hydrogen-bond acceptors (Lipinski definition) is 6. The van der Waals surface area contributed by atoms with Crippen molar-refractivity contribution in [2.24, 2.45) is 0 Å². The van der Waals surface area contributed by atoms with E-state index in [1.807, 2.05) is 0 Å². The number of nitro benzene ring substituents is 1. The van der Waals surface area contributed by atoms with Crippen LogP contribution in [0.15, 0.2) is 48.8 Å². The third kappa shape index (κ3) is 4.85. The van der Waals surface area contributed by atoms with Gasteiger partial charge in [-0.25, -0.2) is 0 Å². The van der Waals surface area contributed by atoms with Gasteiger partial charge < -0.3 is 4.74 Å². The highest BCUT2D eigenvalue weighted by molar-refractivity contribution is 5.65. The van der Waals surface area contributed by atoms with Crippen molar-refractivity contribution in [3.05, 3.63) is 70.0 Å². The molecule has 0 spiro atoms. The van der Waals surface area contributed by atoms with E-state index in [0.29, 0.717) is 17.5 Å². The van der Waals surface area contributed by atoms with Gasteiger partial charge in [-0.2, -0.15) is 5.26 Å². The number of pyridine rings is 1. The number of aromatic nitrogens is 1. The molecule has 0 N–H and O–H groups in total. The maximum absolute atomic E-state index is 11.0. The van der Waals surface area contributed by atoms with E-state index in [1.165, 1.54) is 19.1 Å². The zero-order valence-corrected chi connectivity index (χ0v) is 13.7. The van der Waals surface area contributed by atoms with Crippen molar-refractivity contribution in [3.8, 4) is 6.07 Å². The summed E-state index contributed by atoms with van der Waals surface area (Å²) in [4.78, 5) is 25.6. The minimum Gasteiger partial charge on any atom is -0.466 e. The molecule has 128 valence electrons. The number of nitro groups is 1. The molecule has 7 nitrogen and oxygen atoms in total. The van der Waals surface area contributed by atoms with Gasteiger partial charge in [0, 0.05) is 37.4 Å². The molecule has 2 atom stereocenters. The van der Waals surface area contributed by atoms with Gasteiger partial charge in [0.25, 0.3) is 5.69 Å². The molecular formula is C18H17N3O4. The molecule has 0 saturated heterocycles. The van der Waals surface area contributed by atoms with Crippen molar-refractivity contribution in [1.82, 2.24) is 4.98 Å². The number of non-ortho nitro benzene ring substituents is 1. The average molecular weight is 339 g/mol. The maximum Gasteiger partial charge on any atom is 0.302 e. The lowest BCUT2D eigenvalue weighted by Gasteiger charge is -2.22. The number of rotatable bonds is 7. The van der Waals surface area contributed by atoms with Crippen LogP contribution < -0.4 is 0 Å². The van der Waals surface area contributed by atoms with Crippen LogP contribution in [0.2, 0.25) is 0 Å². The molecule has 0 aliphatic carbocycles. The van der Waals surface area contributed by atoms with Crippen LogP contribution in [0.25, 0.3) is 0 Å². The van der Waals surface area contributed by atoms with Gasteiger partial charge in [-0.1, -0.05) is 18.2 Å². The van der Waals surface area contributed by atoms with E-state index in [9.17, 15) is 20.2 Å². The van der Waals surface area contributed by atoms with E-state index in [-0.39, 0.29) is 18.2 Å². The fraction of sp³-hybridized carbons (Fsp3) is 0.278. The number of esters is 1. The third-order valence-electron chi connectivity index (χ3n) is 3.83. The molecular weight excluding hydrogens is 322 g/mol. The van der Waals surface area contributed by atoms with Crippen LogP contribution >= 0.6 is 0 Å². The van der Waals surface area contributed by atoms with Gasteiger partial charge in [0.2, 0.25) is 0 Å². The Morgan fingerprint density at radius 2 is 2.12 bits per heavy atom. The van der Waals surface area contributed by atoms with Gasteiger partial charge in [-0.3, -0.25) is 19.9 Å². The highest BCUT2D eigenvalue weighted by atomic mass is 16.6. The first kappa shape index (κ1) is 18.1. The van der Waals surface area contributed by atoms with Gasteiger partial charge in [-0.05, 0) is 23.6 Å². The molecule has 7 heteroatoms. The Balaban J connectivity index is 2.38. The Morgan fingerprint density at radius 3 is 2.72 bits per heavy atom. The molecule has 0 unspecified atom stereocenters. The molecule has 0 saturated carbocycles. The molecule has 0 bridgehead atoms. The zero-order valence-electron chi connectivity index (χ0n) is 13.7. The highest BCUT2D eigenvalue weighted by Crippen LogP contribution is 2.36. The van der Waals surface area contributed by atoms with E-state index < -0.39 is 16.8 Å². The molecule has 1 heterocycles. The molecule has 1 aromatic carbocycles. The molecule has 1 aromatic heterocycles. The Kier molecular flexibility index (Phi) is 6.18. The van der Waals surface area contributed by atoms with Crippen molar-refractivity contribution in [3.63, 3.8) is 0 Å². The van der Waals surface area contributed by atoms with E-state index in [4.69, 9.17) is 4.74 Å². The number of nitrogens with zero attached hydrogens (tertiary/aromatic N) is 3. The first-order valence-electron chi connectivity index (χ1n) is 7.70. The quantitative estimate of drug-likeness (QED) is 0.435. The number of carbonyl (C=O) groups excluding carboxylic acids is 1. The normalized spacial score (nSPS) is 12.6. The van der Waals surface area contributed by atoms with Crippen molar-refractivity contribution >= 4 is 11.7 Å². The van der Waals surface area contributed by atoms with E-state index in [1.54, 1.807) is 36.7 Å². The van der Waals surface area contributed by atoms with Crippen LogP contribution in [0, 0.1) is 21.4 Å². The van der Waals surface area contributed by atoms with E-state index in [2.05, 4.69) is 11.1 Å². The SMILES string of the molecule is CC(=O)OCC[C@@H](c1cccc([N+](=O)[O-])c1)[C@H](C#N)c1cccnc1. The first-order valence-corrected chi connectivity index (χ1v) is 7.70. The summed E-state index contributed by atoms with van der Waals surface area (Å²) in [5.74, 6) is -1.34. The van der Waals surface area contributed by atoms with Crippen LogP contribution in [-0.2, 0) is 9.53 Å². The fourth-order valence-electron chi connectivity index (χ4n) is 2.68. The molecule has 2 rings (SSSR count). The Hall–Kier alpha value is -3.27. The second-order valence-corrected chi connectivity index (χ2v) is 5.48. The van der Waals surface area contributed by atoms with Gasteiger partial charge >= 0.3 is 5.97 Å². The van der Waals surface area contributed by atoms with Gasteiger partial charge in [0.05, 0.1) is 23.5 Å². The molecule has 0 aliphatic heterocycles. The van der Waals surface area contributed by atoms with E-state index in [0.717, 1.165) is 0 Å². The van der Waals surface area contributed by atoms with Crippen LogP contribution in [0.3, 0.4) is 0 Å². The Bertz CT molecular complexity index is 786. The van der Waals surface area contributed by atoms with Crippen LogP contribution in [-0.4, -0.2) is 22.5 Å². The second-order valence-electron chi connectivity index (χ2n) is 5.48. The van der Waals surface area contributed by atoms with E-state index >= 15 is 0 Å². The summed E-state index contributed by atoms with van der Waals surface area (Å²) in [6, 6.07) is 12.0. The lowest BCUT2D eigenvalue weighted by Crippen LogP contribution is -2.14. The number of hydrogen-bond donors (Lipinski definition) is 0. The van der Waals surface area contributed by atoms with Crippen LogP contribution in [0.5, 0.6) is 0 Å². The Morgan fingerprint density at radius 1 is 1.36 bits per heavy atom. The highest BCUT2D eigenvalue weighted by Gasteiger charge is 2.26. The van der Waals surface area contributed by atoms with Crippen LogP contribution in [0.4, 0.5) is 5.69 Å². The molecule has 25 heavy (non-hydrogen) atoms.